The highest BCUT2D eigenvalue weighted by molar-refractivity contribution is 9.10. The average Bonchev–Trinajstić information content (AvgIpc) is 2.88. The van der Waals surface area contributed by atoms with Gasteiger partial charge in [0, 0.05) is 4.47 Å². The lowest BCUT2D eigenvalue weighted by molar-refractivity contribution is 0.155. The first-order chi connectivity index (χ1) is 10.2. The highest BCUT2D eigenvalue weighted by atomic mass is 79.9. The predicted octanol–water partition coefficient (Wildman–Crippen LogP) is 4.34. The van der Waals surface area contributed by atoms with Gasteiger partial charge in [-0.15, -0.1) is 0 Å². The molecule has 21 heavy (non-hydrogen) atoms. The van der Waals surface area contributed by atoms with Crippen LogP contribution in [0.2, 0.25) is 0 Å². The van der Waals surface area contributed by atoms with E-state index in [1.165, 1.54) is 0 Å². The van der Waals surface area contributed by atoms with Crippen molar-refractivity contribution >= 4 is 38.8 Å². The maximum atomic E-state index is 11.8. The van der Waals surface area contributed by atoms with Gasteiger partial charge >= 0.3 is 6.09 Å². The number of anilines is 1. The number of aromatic nitrogens is 1. The zero-order chi connectivity index (χ0) is 14.7. The van der Waals surface area contributed by atoms with Crippen LogP contribution in [0.5, 0.6) is 0 Å². The topological polar surface area (TPSA) is 64.4 Å². The summed E-state index contributed by atoms with van der Waals surface area (Å²) in [6.07, 6.45) is -0.575. The van der Waals surface area contributed by atoms with Crippen molar-refractivity contribution in [3.05, 3.63) is 58.6 Å². The Morgan fingerprint density at radius 3 is 2.86 bits per heavy atom. The van der Waals surface area contributed by atoms with Crippen LogP contribution in [-0.4, -0.2) is 11.2 Å². The van der Waals surface area contributed by atoms with Crippen molar-refractivity contribution in [1.29, 1.82) is 0 Å². The second kappa shape index (κ2) is 5.97. The van der Waals surface area contributed by atoms with Crippen molar-refractivity contribution in [2.45, 2.75) is 6.61 Å². The summed E-state index contributed by atoms with van der Waals surface area (Å²) in [5.41, 5.74) is 1.51. The van der Waals surface area contributed by atoms with Crippen LogP contribution in [-0.2, 0) is 11.3 Å². The van der Waals surface area contributed by atoms with Gasteiger partial charge in [-0.3, -0.25) is 5.32 Å². The molecule has 0 aliphatic rings. The molecule has 0 saturated carbocycles. The fourth-order valence-corrected chi connectivity index (χ4v) is 2.22. The first-order valence-corrected chi connectivity index (χ1v) is 7.04. The summed E-state index contributed by atoms with van der Waals surface area (Å²) in [5.74, 6) is 0.337. The summed E-state index contributed by atoms with van der Waals surface area (Å²) in [6, 6.07) is 14.9. The summed E-state index contributed by atoms with van der Waals surface area (Å²) >= 11 is 3.37. The van der Waals surface area contributed by atoms with Crippen LogP contribution in [0.3, 0.4) is 0 Å². The smallest absolute Gasteiger partial charge is 0.413 e. The Morgan fingerprint density at radius 2 is 2.05 bits per heavy atom. The molecule has 0 atom stereocenters. The highest BCUT2D eigenvalue weighted by Crippen LogP contribution is 2.26. The van der Waals surface area contributed by atoms with Crippen molar-refractivity contribution in [2.24, 2.45) is 0 Å². The maximum absolute atomic E-state index is 11.8. The third kappa shape index (κ3) is 3.22. The monoisotopic (exact) mass is 346 g/mol. The number of fused-ring (bicyclic) bond motifs is 1. The lowest BCUT2D eigenvalue weighted by atomic mass is 10.2. The van der Waals surface area contributed by atoms with E-state index < -0.39 is 6.09 Å². The first-order valence-electron chi connectivity index (χ1n) is 6.25. The van der Waals surface area contributed by atoms with Gasteiger partial charge < -0.3 is 9.26 Å². The van der Waals surface area contributed by atoms with E-state index in [0.29, 0.717) is 16.8 Å². The molecular weight excluding hydrogens is 336 g/mol. The number of carbonyl (C=O) groups is 1. The number of halogens is 1. The minimum Gasteiger partial charge on any atom is -0.444 e. The van der Waals surface area contributed by atoms with Gasteiger partial charge in [0.15, 0.2) is 11.4 Å². The molecule has 1 amide bonds. The normalized spacial score (nSPS) is 10.5. The molecule has 3 rings (SSSR count). The Bertz CT molecular complexity index is 771. The third-order valence-corrected chi connectivity index (χ3v) is 3.36. The second-order valence-electron chi connectivity index (χ2n) is 4.36. The molecule has 0 unspecified atom stereocenters. The van der Waals surface area contributed by atoms with E-state index in [1.54, 1.807) is 6.07 Å². The van der Waals surface area contributed by atoms with Gasteiger partial charge in [0.1, 0.15) is 6.61 Å². The number of amides is 1. The Morgan fingerprint density at radius 1 is 1.24 bits per heavy atom. The highest BCUT2D eigenvalue weighted by Gasteiger charge is 2.12. The van der Waals surface area contributed by atoms with Gasteiger partial charge in [-0.2, -0.15) is 0 Å². The standard InChI is InChI=1S/C15H11BrN2O3/c16-11-6-7-13-12(8-11)14(18-21-13)17-15(19)20-9-10-4-2-1-3-5-10/h1-8H,9H2,(H,17,18,19). The fourth-order valence-electron chi connectivity index (χ4n) is 1.86. The number of carbonyl (C=O) groups excluding carboxylic acids is 1. The first kappa shape index (κ1) is 13.6. The summed E-state index contributed by atoms with van der Waals surface area (Å²) < 4.78 is 11.1. The molecule has 0 fully saturated rings. The van der Waals surface area contributed by atoms with E-state index in [0.717, 1.165) is 10.0 Å². The molecule has 1 aromatic heterocycles. The van der Waals surface area contributed by atoms with Gasteiger partial charge in [-0.25, -0.2) is 4.79 Å². The largest absolute Gasteiger partial charge is 0.444 e. The van der Waals surface area contributed by atoms with Crippen LogP contribution >= 0.6 is 15.9 Å². The van der Waals surface area contributed by atoms with Crippen LogP contribution < -0.4 is 5.32 Å². The molecule has 106 valence electrons. The Hall–Kier alpha value is -2.34. The number of hydrogen-bond donors (Lipinski definition) is 1. The molecular formula is C15H11BrN2O3. The molecule has 0 aliphatic carbocycles. The molecule has 5 nitrogen and oxygen atoms in total. The van der Waals surface area contributed by atoms with E-state index in [4.69, 9.17) is 9.26 Å². The summed E-state index contributed by atoms with van der Waals surface area (Å²) in [7, 11) is 0. The van der Waals surface area contributed by atoms with Crippen LogP contribution in [0.25, 0.3) is 11.0 Å². The van der Waals surface area contributed by atoms with Crippen LogP contribution in [0.15, 0.2) is 57.5 Å². The van der Waals surface area contributed by atoms with E-state index in [-0.39, 0.29) is 6.61 Å². The summed E-state index contributed by atoms with van der Waals surface area (Å²) in [5, 5.41) is 7.11. The average molecular weight is 347 g/mol. The molecule has 0 radical (unpaired) electrons. The third-order valence-electron chi connectivity index (χ3n) is 2.87. The van der Waals surface area contributed by atoms with Crippen molar-refractivity contribution in [3.63, 3.8) is 0 Å². The Kier molecular flexibility index (Phi) is 3.87. The van der Waals surface area contributed by atoms with Crippen LogP contribution in [0.1, 0.15) is 5.56 Å². The number of nitrogens with zero attached hydrogens (tertiary/aromatic N) is 1. The second-order valence-corrected chi connectivity index (χ2v) is 5.27. The molecule has 1 N–H and O–H groups in total. The quantitative estimate of drug-likeness (QED) is 0.766. The maximum Gasteiger partial charge on any atom is 0.413 e. The minimum atomic E-state index is -0.575. The van der Waals surface area contributed by atoms with Crippen molar-refractivity contribution < 1.29 is 14.1 Å². The molecule has 6 heteroatoms. The van der Waals surface area contributed by atoms with Gasteiger partial charge in [0.2, 0.25) is 0 Å². The van der Waals surface area contributed by atoms with Crippen LogP contribution in [0.4, 0.5) is 10.6 Å². The number of benzene rings is 2. The summed E-state index contributed by atoms with van der Waals surface area (Å²) in [6.45, 7) is 0.201. The lowest BCUT2D eigenvalue weighted by Gasteiger charge is -2.05. The SMILES string of the molecule is O=C(Nc1noc2ccc(Br)cc12)OCc1ccccc1. The van der Waals surface area contributed by atoms with E-state index >= 15 is 0 Å². The fraction of sp³-hybridized carbons (Fsp3) is 0.0667. The molecule has 1 heterocycles. The molecule has 0 aliphatic heterocycles. The van der Waals surface area contributed by atoms with Gasteiger partial charge in [-0.1, -0.05) is 51.4 Å². The van der Waals surface area contributed by atoms with Gasteiger partial charge in [0.25, 0.3) is 0 Å². The van der Waals surface area contributed by atoms with Crippen molar-refractivity contribution in [1.82, 2.24) is 5.16 Å². The lowest BCUT2D eigenvalue weighted by Crippen LogP contribution is -2.13. The molecule has 0 bridgehead atoms. The molecule has 2 aromatic carbocycles. The van der Waals surface area contributed by atoms with E-state index in [2.05, 4.69) is 26.4 Å². The molecule has 0 saturated heterocycles. The predicted molar refractivity (Wildman–Crippen MR) is 82.0 cm³/mol. The van der Waals surface area contributed by atoms with E-state index in [9.17, 15) is 4.79 Å². The molecule has 0 spiro atoms. The Balaban J connectivity index is 1.67. The minimum absolute atomic E-state index is 0.201. The van der Waals surface area contributed by atoms with Crippen LogP contribution in [0, 0.1) is 0 Å². The Labute approximate surface area is 129 Å². The molecule has 3 aromatic rings. The van der Waals surface area contributed by atoms with Crippen molar-refractivity contribution in [2.75, 3.05) is 5.32 Å². The zero-order valence-corrected chi connectivity index (χ0v) is 12.5. The number of nitrogens with one attached hydrogen (secondary N) is 1. The summed E-state index contributed by atoms with van der Waals surface area (Å²) in [4.78, 5) is 11.8. The number of hydrogen-bond acceptors (Lipinski definition) is 4. The zero-order valence-electron chi connectivity index (χ0n) is 10.9. The number of ether oxygens (including phenoxy) is 1. The van der Waals surface area contributed by atoms with Gasteiger partial charge in [0.05, 0.1) is 5.39 Å². The van der Waals surface area contributed by atoms with Crippen molar-refractivity contribution in [3.8, 4) is 0 Å². The number of rotatable bonds is 3. The van der Waals surface area contributed by atoms with E-state index in [1.807, 2.05) is 42.5 Å². The van der Waals surface area contributed by atoms with Gasteiger partial charge in [-0.05, 0) is 23.8 Å².